The third-order valence-electron chi connectivity index (χ3n) is 3.95. The highest BCUT2D eigenvalue weighted by Crippen LogP contribution is 2.41. The Labute approximate surface area is 116 Å². The van der Waals surface area contributed by atoms with Crippen LogP contribution in [0, 0.1) is 5.41 Å². The van der Waals surface area contributed by atoms with Gasteiger partial charge in [0.05, 0.1) is 5.41 Å². The van der Waals surface area contributed by atoms with Gasteiger partial charge in [-0.3, -0.25) is 13.8 Å². The van der Waals surface area contributed by atoms with Crippen molar-refractivity contribution in [1.29, 1.82) is 0 Å². The lowest BCUT2D eigenvalue weighted by atomic mass is 9.82. The van der Waals surface area contributed by atoms with E-state index >= 15 is 0 Å². The van der Waals surface area contributed by atoms with Crippen LogP contribution in [0.1, 0.15) is 45.4 Å². The first kappa shape index (κ1) is 16.1. The molecule has 0 bridgehead atoms. The van der Waals surface area contributed by atoms with Crippen molar-refractivity contribution in [2.75, 3.05) is 12.8 Å². The first-order valence-corrected chi connectivity index (χ1v) is 8.32. The highest BCUT2D eigenvalue weighted by atomic mass is 32.2. The smallest absolute Gasteiger partial charge is 0.310 e. The summed E-state index contributed by atoms with van der Waals surface area (Å²) in [6, 6.07) is 0. The van der Waals surface area contributed by atoms with Crippen LogP contribution < -0.4 is 5.32 Å². The van der Waals surface area contributed by atoms with Gasteiger partial charge in [-0.1, -0.05) is 19.8 Å². The summed E-state index contributed by atoms with van der Waals surface area (Å²) in [4.78, 5) is 23.1. The summed E-state index contributed by atoms with van der Waals surface area (Å²) in [5.74, 6) is -1.07. The second-order valence-electron chi connectivity index (χ2n) is 5.42. The number of hydrogen-bond acceptors (Lipinski definition) is 3. The average molecular weight is 289 g/mol. The molecule has 5 nitrogen and oxygen atoms in total. The number of carbonyl (C=O) groups excluding carboxylic acids is 1. The van der Waals surface area contributed by atoms with E-state index < -0.39 is 22.2 Å². The molecule has 0 aromatic rings. The van der Waals surface area contributed by atoms with Crippen LogP contribution in [0.15, 0.2) is 0 Å². The molecule has 1 amide bonds. The second kappa shape index (κ2) is 7.03. The third-order valence-corrected chi connectivity index (χ3v) is 5.32. The molecule has 1 aliphatic carbocycles. The van der Waals surface area contributed by atoms with Gasteiger partial charge >= 0.3 is 5.97 Å². The Kier molecular flexibility index (Phi) is 5.97. The van der Waals surface area contributed by atoms with Gasteiger partial charge < -0.3 is 10.4 Å². The van der Waals surface area contributed by atoms with Crippen LogP contribution in [0.4, 0.5) is 0 Å². The maximum Gasteiger partial charge on any atom is 0.310 e. The number of aliphatic carboxylic acids is 1. The number of carbonyl (C=O) groups is 2. The van der Waals surface area contributed by atoms with E-state index in [2.05, 4.69) is 5.32 Å². The number of amides is 1. The second-order valence-corrected chi connectivity index (χ2v) is 7.22. The lowest BCUT2D eigenvalue weighted by Gasteiger charge is -2.23. The number of hydrogen-bond donors (Lipinski definition) is 2. The number of carboxylic acids is 1. The molecule has 2 unspecified atom stereocenters. The van der Waals surface area contributed by atoms with E-state index in [1.165, 1.54) is 0 Å². The van der Waals surface area contributed by atoms with Crippen molar-refractivity contribution in [1.82, 2.24) is 5.32 Å². The van der Waals surface area contributed by atoms with Gasteiger partial charge in [-0.05, 0) is 19.3 Å². The maximum atomic E-state index is 11.8. The Balaban J connectivity index is 2.38. The standard InChI is InChI=1S/C13H23NO4S/c1-10(19(2)18)5-8-14-11(15)9-13(12(16)17)6-3-4-7-13/h10H,3-9H2,1-2H3,(H,14,15)(H,16,17). The minimum Gasteiger partial charge on any atom is -0.481 e. The van der Waals surface area contributed by atoms with Crippen LogP contribution in [-0.4, -0.2) is 39.2 Å². The van der Waals surface area contributed by atoms with E-state index in [1.807, 2.05) is 6.92 Å². The van der Waals surface area contributed by atoms with Crippen molar-refractivity contribution >= 4 is 22.7 Å². The molecular weight excluding hydrogens is 266 g/mol. The predicted octanol–water partition coefficient (Wildman–Crippen LogP) is 1.29. The van der Waals surface area contributed by atoms with Crippen LogP contribution >= 0.6 is 0 Å². The van der Waals surface area contributed by atoms with E-state index in [0.717, 1.165) is 12.8 Å². The van der Waals surface area contributed by atoms with Crippen LogP contribution in [0.25, 0.3) is 0 Å². The molecule has 1 saturated carbocycles. The molecule has 0 spiro atoms. The van der Waals surface area contributed by atoms with Gasteiger partial charge in [0.25, 0.3) is 0 Å². The maximum absolute atomic E-state index is 11.8. The van der Waals surface area contributed by atoms with Crippen molar-refractivity contribution in [2.24, 2.45) is 5.41 Å². The van der Waals surface area contributed by atoms with Gasteiger partial charge in [-0.25, -0.2) is 0 Å². The molecule has 1 rings (SSSR count). The van der Waals surface area contributed by atoms with Gasteiger partial charge in [-0.15, -0.1) is 0 Å². The van der Waals surface area contributed by atoms with Gasteiger partial charge in [0.2, 0.25) is 5.91 Å². The Bertz CT molecular complexity index is 364. The Hall–Kier alpha value is -0.910. The Morgan fingerprint density at radius 3 is 2.42 bits per heavy atom. The van der Waals surface area contributed by atoms with Crippen molar-refractivity contribution in [3.05, 3.63) is 0 Å². The SMILES string of the molecule is CC(CCNC(=O)CC1(C(=O)O)CCCC1)S(C)=O. The van der Waals surface area contributed by atoms with Gasteiger partial charge in [-0.2, -0.15) is 0 Å². The van der Waals surface area contributed by atoms with Crippen LogP contribution in [0.3, 0.4) is 0 Å². The Morgan fingerprint density at radius 2 is 1.95 bits per heavy atom. The van der Waals surface area contributed by atoms with Crippen LogP contribution in [0.5, 0.6) is 0 Å². The largest absolute Gasteiger partial charge is 0.481 e. The molecular formula is C13H23NO4S. The summed E-state index contributed by atoms with van der Waals surface area (Å²) in [6.45, 7) is 2.33. The predicted molar refractivity (Wildman–Crippen MR) is 74.3 cm³/mol. The summed E-state index contributed by atoms with van der Waals surface area (Å²) >= 11 is 0. The summed E-state index contributed by atoms with van der Waals surface area (Å²) in [5.41, 5.74) is -0.858. The zero-order chi connectivity index (χ0) is 14.5. The quantitative estimate of drug-likeness (QED) is 0.740. The fourth-order valence-corrected chi connectivity index (χ4v) is 2.92. The summed E-state index contributed by atoms with van der Waals surface area (Å²) in [5, 5.41) is 12.1. The zero-order valence-corrected chi connectivity index (χ0v) is 12.4. The lowest BCUT2D eigenvalue weighted by Crippen LogP contribution is -2.36. The van der Waals surface area contributed by atoms with E-state index in [0.29, 0.717) is 25.8 Å². The van der Waals surface area contributed by atoms with Crippen LogP contribution in [0.2, 0.25) is 0 Å². The molecule has 19 heavy (non-hydrogen) atoms. The minimum absolute atomic E-state index is 0.0419. The number of nitrogens with one attached hydrogen (secondary N) is 1. The molecule has 1 aliphatic rings. The fourth-order valence-electron chi connectivity index (χ4n) is 2.47. The van der Waals surface area contributed by atoms with Crippen molar-refractivity contribution < 1.29 is 18.9 Å². The topological polar surface area (TPSA) is 83.5 Å². The summed E-state index contributed by atoms with van der Waals surface area (Å²) in [6.07, 6.45) is 5.29. The molecule has 1 fully saturated rings. The van der Waals surface area contributed by atoms with Crippen LogP contribution in [-0.2, 0) is 20.4 Å². The molecule has 0 radical (unpaired) electrons. The van der Waals surface area contributed by atoms with E-state index in [-0.39, 0.29) is 17.6 Å². The van der Waals surface area contributed by atoms with E-state index in [1.54, 1.807) is 6.26 Å². The highest BCUT2D eigenvalue weighted by molar-refractivity contribution is 7.84. The summed E-state index contributed by atoms with van der Waals surface area (Å²) < 4.78 is 11.2. The lowest BCUT2D eigenvalue weighted by molar-refractivity contribution is -0.151. The first-order chi connectivity index (χ1) is 8.87. The molecule has 0 heterocycles. The molecule has 2 atom stereocenters. The monoisotopic (exact) mass is 289 g/mol. The molecule has 2 N–H and O–H groups in total. The molecule has 0 saturated heterocycles. The molecule has 0 aromatic heterocycles. The number of carboxylic acid groups (broad SMARTS) is 1. The number of rotatable bonds is 7. The van der Waals surface area contributed by atoms with E-state index in [9.17, 15) is 18.9 Å². The molecule has 0 aliphatic heterocycles. The van der Waals surface area contributed by atoms with Crippen molar-refractivity contribution in [3.63, 3.8) is 0 Å². The third kappa shape index (κ3) is 4.60. The zero-order valence-electron chi connectivity index (χ0n) is 11.6. The minimum atomic E-state index is -0.890. The Morgan fingerprint density at radius 1 is 1.37 bits per heavy atom. The molecule has 0 aromatic carbocycles. The summed E-state index contributed by atoms with van der Waals surface area (Å²) in [7, 11) is -0.890. The van der Waals surface area contributed by atoms with Gasteiger partial charge in [0, 0.05) is 35.3 Å². The average Bonchev–Trinajstić information content (AvgIpc) is 2.78. The molecule has 6 heteroatoms. The van der Waals surface area contributed by atoms with Crippen molar-refractivity contribution in [2.45, 2.75) is 50.7 Å². The molecule has 110 valence electrons. The van der Waals surface area contributed by atoms with Gasteiger partial charge in [0.1, 0.15) is 0 Å². The normalized spacial score (nSPS) is 20.7. The van der Waals surface area contributed by atoms with Crippen molar-refractivity contribution in [3.8, 4) is 0 Å². The first-order valence-electron chi connectivity index (χ1n) is 6.70. The van der Waals surface area contributed by atoms with Gasteiger partial charge in [0.15, 0.2) is 0 Å². The highest BCUT2D eigenvalue weighted by Gasteiger charge is 2.42. The fraction of sp³-hybridized carbons (Fsp3) is 0.846. The van der Waals surface area contributed by atoms with E-state index in [4.69, 9.17) is 0 Å².